The average Bonchev–Trinajstić information content (AvgIpc) is 2.92. The molecule has 30 heavy (non-hydrogen) atoms. The number of carbonyl (C=O) groups excluding carboxylic acids is 2. The topological polar surface area (TPSA) is 91.8 Å². The van der Waals surface area contributed by atoms with Crippen LogP contribution in [0.5, 0.6) is 11.6 Å². The molecule has 0 radical (unpaired) electrons. The van der Waals surface area contributed by atoms with Crippen LogP contribution in [-0.2, 0) is 15.8 Å². The Kier molecular flexibility index (Phi) is 6.20. The second-order valence-corrected chi connectivity index (χ2v) is 6.77. The van der Waals surface area contributed by atoms with Crippen LogP contribution in [0.25, 0.3) is 0 Å². The van der Waals surface area contributed by atoms with Gasteiger partial charge in [-0.05, 0) is 24.3 Å². The molecule has 2 N–H and O–H groups in total. The number of nitrogens with zero attached hydrogens (tertiary/aromatic N) is 2. The van der Waals surface area contributed by atoms with Crippen LogP contribution < -0.4 is 10.1 Å². The molecule has 0 saturated heterocycles. The number of halogens is 5. The Morgan fingerprint density at radius 3 is 2.50 bits per heavy atom. The van der Waals surface area contributed by atoms with Gasteiger partial charge in [-0.25, -0.2) is 4.98 Å². The van der Waals surface area contributed by atoms with Crippen LogP contribution in [0.1, 0.15) is 5.56 Å². The summed E-state index contributed by atoms with van der Waals surface area (Å²) in [4.78, 5) is 28.3. The molecule has 1 aliphatic heterocycles. The van der Waals surface area contributed by atoms with Gasteiger partial charge in [0.15, 0.2) is 0 Å². The van der Waals surface area contributed by atoms with Gasteiger partial charge in [0, 0.05) is 18.0 Å². The zero-order valence-electron chi connectivity index (χ0n) is 14.8. The van der Waals surface area contributed by atoms with E-state index < -0.39 is 23.6 Å². The Bertz CT molecular complexity index is 1040. The number of benzene rings is 1. The van der Waals surface area contributed by atoms with Crippen molar-refractivity contribution in [3.63, 3.8) is 0 Å². The van der Waals surface area contributed by atoms with Crippen molar-refractivity contribution >= 4 is 40.7 Å². The Labute approximate surface area is 177 Å². The number of aromatic nitrogens is 1. The number of aliphatic hydroxyl groups is 1. The maximum absolute atomic E-state index is 12.7. The molecule has 2 aromatic rings. The summed E-state index contributed by atoms with van der Waals surface area (Å²) in [5.41, 5.74) is -0.688. The molecule has 1 aromatic heterocycles. The van der Waals surface area contributed by atoms with Crippen molar-refractivity contribution in [2.75, 3.05) is 18.5 Å². The molecule has 0 atom stereocenters. The number of β-amino-alcohol motifs (C(OH)–C–C–N with tert-alkyl or cyclic N) is 1. The molecule has 7 nitrogen and oxygen atoms in total. The number of hydrogen-bond donors (Lipinski definition) is 2. The third-order valence-electron chi connectivity index (χ3n) is 3.89. The van der Waals surface area contributed by atoms with Crippen molar-refractivity contribution in [2.45, 2.75) is 6.18 Å². The number of amides is 2. The van der Waals surface area contributed by atoms with Crippen molar-refractivity contribution in [3.05, 3.63) is 57.8 Å². The number of pyridine rings is 1. The first-order chi connectivity index (χ1) is 14.1. The van der Waals surface area contributed by atoms with Gasteiger partial charge in [-0.2, -0.15) is 13.2 Å². The van der Waals surface area contributed by atoms with Crippen LogP contribution >= 0.6 is 23.2 Å². The van der Waals surface area contributed by atoms with Gasteiger partial charge in [0.25, 0.3) is 11.8 Å². The third kappa shape index (κ3) is 4.66. The van der Waals surface area contributed by atoms with Crippen LogP contribution in [0.2, 0.25) is 10.0 Å². The van der Waals surface area contributed by atoms with Gasteiger partial charge in [-0.3, -0.25) is 14.5 Å². The fourth-order valence-corrected chi connectivity index (χ4v) is 2.91. The fraction of sp³-hybridized carbons (Fsp3) is 0.167. The van der Waals surface area contributed by atoms with Gasteiger partial charge in [0.05, 0.1) is 23.7 Å². The predicted octanol–water partition coefficient (Wildman–Crippen LogP) is 3.86. The number of imide groups is 1. The summed E-state index contributed by atoms with van der Waals surface area (Å²) in [5.74, 6) is -1.39. The van der Waals surface area contributed by atoms with Crippen LogP contribution in [-0.4, -0.2) is 40.0 Å². The van der Waals surface area contributed by atoms with E-state index >= 15 is 0 Å². The fourth-order valence-electron chi connectivity index (χ4n) is 2.49. The van der Waals surface area contributed by atoms with Gasteiger partial charge in [-0.15, -0.1) is 0 Å². The molecular formula is C18H12Cl2F3N3O4. The number of rotatable bonds is 6. The minimum Gasteiger partial charge on any atom is -0.436 e. The van der Waals surface area contributed by atoms with E-state index in [9.17, 15) is 22.8 Å². The van der Waals surface area contributed by atoms with Crippen LogP contribution in [0.15, 0.2) is 42.2 Å². The van der Waals surface area contributed by atoms with E-state index in [1.54, 1.807) is 0 Å². The van der Waals surface area contributed by atoms with Crippen molar-refractivity contribution in [2.24, 2.45) is 0 Å². The standard InChI is InChI=1S/C18H12Cl2F3N3O4/c19-11-6-10(25-13-7-15(28)26(3-4-27)17(13)29)1-2-14(11)30-16-12(20)5-9(8-24-16)18(21,22)23/h1-2,5-8,25,27H,3-4H2. The third-order valence-corrected chi connectivity index (χ3v) is 4.45. The SMILES string of the molecule is O=C1C=C(Nc2ccc(Oc3ncc(C(F)(F)F)cc3Cl)c(Cl)c2)C(=O)N1CCO. The molecule has 0 saturated carbocycles. The van der Waals surface area contributed by atoms with Crippen molar-refractivity contribution in [3.8, 4) is 11.6 Å². The minimum atomic E-state index is -4.60. The molecule has 2 amide bonds. The smallest absolute Gasteiger partial charge is 0.417 e. The first-order valence-electron chi connectivity index (χ1n) is 8.25. The molecule has 12 heteroatoms. The highest BCUT2D eigenvalue weighted by Crippen LogP contribution is 2.37. The molecule has 0 spiro atoms. The van der Waals surface area contributed by atoms with Crippen LogP contribution in [0.3, 0.4) is 0 Å². The Hall–Kier alpha value is -2.82. The molecule has 1 aromatic carbocycles. The van der Waals surface area contributed by atoms with Gasteiger partial charge in [0.2, 0.25) is 5.88 Å². The van der Waals surface area contributed by atoms with E-state index in [2.05, 4.69) is 10.3 Å². The van der Waals surface area contributed by atoms with E-state index in [1.165, 1.54) is 18.2 Å². The highest BCUT2D eigenvalue weighted by Gasteiger charge is 2.32. The average molecular weight is 462 g/mol. The molecule has 0 aliphatic carbocycles. The van der Waals surface area contributed by atoms with Crippen LogP contribution in [0, 0.1) is 0 Å². The van der Waals surface area contributed by atoms with E-state index in [0.29, 0.717) is 18.0 Å². The van der Waals surface area contributed by atoms with Crippen molar-refractivity contribution in [1.82, 2.24) is 9.88 Å². The molecule has 0 unspecified atom stereocenters. The highest BCUT2D eigenvalue weighted by molar-refractivity contribution is 6.33. The van der Waals surface area contributed by atoms with E-state index in [0.717, 1.165) is 11.0 Å². The van der Waals surface area contributed by atoms with Gasteiger partial charge >= 0.3 is 6.18 Å². The zero-order valence-corrected chi connectivity index (χ0v) is 16.3. The summed E-state index contributed by atoms with van der Waals surface area (Å²) in [5, 5.41) is 11.3. The summed E-state index contributed by atoms with van der Waals surface area (Å²) in [6, 6.07) is 4.91. The lowest BCUT2D eigenvalue weighted by atomic mass is 10.2. The second-order valence-electron chi connectivity index (χ2n) is 5.96. The summed E-state index contributed by atoms with van der Waals surface area (Å²) in [6.07, 6.45) is -2.93. The maximum Gasteiger partial charge on any atom is 0.417 e. The molecule has 158 valence electrons. The number of hydrogen-bond acceptors (Lipinski definition) is 6. The highest BCUT2D eigenvalue weighted by atomic mass is 35.5. The molecular weight excluding hydrogens is 450 g/mol. The summed E-state index contributed by atoms with van der Waals surface area (Å²) in [7, 11) is 0. The lowest BCUT2D eigenvalue weighted by Gasteiger charge is -2.14. The second kappa shape index (κ2) is 8.50. The van der Waals surface area contributed by atoms with Crippen molar-refractivity contribution < 1.29 is 32.6 Å². The van der Waals surface area contributed by atoms with Crippen molar-refractivity contribution in [1.29, 1.82) is 0 Å². The molecule has 0 fully saturated rings. The number of anilines is 1. The monoisotopic (exact) mass is 461 g/mol. The van der Waals surface area contributed by atoms with Gasteiger partial charge in [-0.1, -0.05) is 23.2 Å². The number of nitrogens with one attached hydrogen (secondary N) is 1. The maximum atomic E-state index is 12.7. The first-order valence-corrected chi connectivity index (χ1v) is 9.01. The normalized spacial score (nSPS) is 14.2. The minimum absolute atomic E-state index is 0.00867. The molecule has 1 aliphatic rings. The Morgan fingerprint density at radius 1 is 1.17 bits per heavy atom. The van der Waals surface area contributed by atoms with E-state index in [4.69, 9.17) is 33.0 Å². The molecule has 0 bridgehead atoms. The first kappa shape index (κ1) is 21.9. The van der Waals surface area contributed by atoms with Crippen LogP contribution in [0.4, 0.5) is 18.9 Å². The summed E-state index contributed by atoms with van der Waals surface area (Å²) >= 11 is 11.9. The van der Waals surface area contributed by atoms with E-state index in [1.807, 2.05) is 0 Å². The lowest BCUT2D eigenvalue weighted by molar-refractivity contribution is -0.138. The number of carbonyl (C=O) groups is 2. The number of alkyl halides is 3. The summed E-state index contributed by atoms with van der Waals surface area (Å²) in [6.45, 7) is -0.495. The van der Waals surface area contributed by atoms with E-state index in [-0.39, 0.29) is 40.5 Å². The largest absolute Gasteiger partial charge is 0.436 e. The summed E-state index contributed by atoms with van der Waals surface area (Å²) < 4.78 is 43.4. The zero-order chi connectivity index (χ0) is 22.1. The Morgan fingerprint density at radius 2 is 1.90 bits per heavy atom. The number of ether oxygens (including phenoxy) is 1. The van der Waals surface area contributed by atoms with Gasteiger partial charge < -0.3 is 15.2 Å². The van der Waals surface area contributed by atoms with Gasteiger partial charge in [0.1, 0.15) is 16.5 Å². The Balaban J connectivity index is 1.74. The predicted molar refractivity (Wildman–Crippen MR) is 101 cm³/mol. The molecule has 2 heterocycles. The number of aliphatic hydroxyl groups excluding tert-OH is 1. The lowest BCUT2D eigenvalue weighted by Crippen LogP contribution is -2.34. The quantitative estimate of drug-likeness (QED) is 0.634. The molecule has 3 rings (SSSR count).